The third-order valence-electron chi connectivity index (χ3n) is 4.73. The summed E-state index contributed by atoms with van der Waals surface area (Å²) in [5.41, 5.74) is 9.63. The monoisotopic (exact) mass is 309 g/mol. The van der Waals surface area contributed by atoms with Crippen LogP contribution in [-0.2, 0) is 0 Å². The number of aromatic hydroxyl groups is 2. The van der Waals surface area contributed by atoms with Gasteiger partial charge in [0.05, 0.1) is 5.69 Å². The van der Waals surface area contributed by atoms with Gasteiger partial charge in [-0.2, -0.15) is 5.26 Å². The Labute approximate surface area is 135 Å². The van der Waals surface area contributed by atoms with Crippen LogP contribution < -0.4 is 5.73 Å². The van der Waals surface area contributed by atoms with E-state index in [0.717, 1.165) is 17.7 Å². The molecule has 118 valence electrons. The number of pyridine rings is 1. The number of hydrogen-bond acceptors (Lipinski definition) is 5. The van der Waals surface area contributed by atoms with Crippen molar-refractivity contribution in [1.82, 2.24) is 4.98 Å². The van der Waals surface area contributed by atoms with Crippen LogP contribution in [0, 0.1) is 23.7 Å². The minimum absolute atomic E-state index is 0.187. The van der Waals surface area contributed by atoms with E-state index >= 15 is 0 Å². The van der Waals surface area contributed by atoms with Crippen molar-refractivity contribution < 1.29 is 10.2 Å². The van der Waals surface area contributed by atoms with Crippen molar-refractivity contribution in [3.05, 3.63) is 35.0 Å². The maximum absolute atomic E-state index is 9.78. The second kappa shape index (κ2) is 4.88. The number of aromatic nitrogens is 1. The lowest BCUT2D eigenvalue weighted by Gasteiger charge is -2.16. The first-order chi connectivity index (χ1) is 10.8. The minimum atomic E-state index is -0.227. The quantitative estimate of drug-likeness (QED) is 0.737. The van der Waals surface area contributed by atoms with Gasteiger partial charge in [0.15, 0.2) is 11.5 Å². The summed E-state index contributed by atoms with van der Waals surface area (Å²) >= 11 is 0. The highest BCUT2D eigenvalue weighted by molar-refractivity contribution is 5.80. The Kier molecular flexibility index (Phi) is 3.22. The summed E-state index contributed by atoms with van der Waals surface area (Å²) < 4.78 is 0. The molecule has 1 aliphatic carbocycles. The maximum Gasteiger partial charge on any atom is 0.158 e. The van der Waals surface area contributed by atoms with Gasteiger partial charge in [-0.1, -0.05) is 19.9 Å². The lowest BCUT2D eigenvalue weighted by atomic mass is 9.92. The largest absolute Gasteiger partial charge is 0.504 e. The Bertz CT molecular complexity index is 850. The summed E-state index contributed by atoms with van der Waals surface area (Å²) in [7, 11) is 0. The van der Waals surface area contributed by atoms with Gasteiger partial charge >= 0.3 is 0 Å². The Morgan fingerprint density at radius 3 is 2.48 bits per heavy atom. The van der Waals surface area contributed by atoms with E-state index in [1.807, 2.05) is 6.92 Å². The molecule has 5 heteroatoms. The molecule has 1 aliphatic rings. The smallest absolute Gasteiger partial charge is 0.158 e. The first kappa shape index (κ1) is 15.2. The van der Waals surface area contributed by atoms with Crippen molar-refractivity contribution in [2.45, 2.75) is 33.1 Å². The molecule has 1 heterocycles. The molecule has 1 fully saturated rings. The molecule has 23 heavy (non-hydrogen) atoms. The zero-order valence-corrected chi connectivity index (χ0v) is 13.4. The highest BCUT2D eigenvalue weighted by Crippen LogP contribution is 2.59. The molecule has 0 unspecified atom stereocenters. The van der Waals surface area contributed by atoms with E-state index < -0.39 is 0 Å². The molecule has 3 rings (SSSR count). The summed E-state index contributed by atoms with van der Waals surface area (Å²) in [6.07, 6.45) is 1.03. The molecule has 1 saturated carbocycles. The summed E-state index contributed by atoms with van der Waals surface area (Å²) in [6, 6.07) is 6.63. The number of hydrogen-bond donors (Lipinski definition) is 3. The average Bonchev–Trinajstić information content (AvgIpc) is 3.12. The highest BCUT2D eigenvalue weighted by Gasteiger charge is 2.48. The molecule has 1 atom stereocenters. The summed E-state index contributed by atoms with van der Waals surface area (Å²) in [4.78, 5) is 4.47. The molecule has 2 aromatic rings. The number of nitrogens with two attached hydrogens (primary N) is 1. The van der Waals surface area contributed by atoms with Gasteiger partial charge in [0.25, 0.3) is 0 Å². The van der Waals surface area contributed by atoms with Gasteiger partial charge in [0, 0.05) is 11.5 Å². The number of rotatable bonds is 2. The van der Waals surface area contributed by atoms with Crippen LogP contribution in [0.5, 0.6) is 11.5 Å². The molecular formula is C18H19N3O2. The fraction of sp³-hybridized carbons (Fsp3) is 0.333. The van der Waals surface area contributed by atoms with Gasteiger partial charge in [-0.05, 0) is 42.0 Å². The van der Waals surface area contributed by atoms with Crippen LogP contribution in [0.2, 0.25) is 0 Å². The fourth-order valence-corrected chi connectivity index (χ4v) is 3.14. The zero-order chi connectivity index (χ0) is 16.9. The van der Waals surface area contributed by atoms with E-state index in [1.165, 1.54) is 12.1 Å². The number of benzene rings is 1. The Balaban J connectivity index is 2.26. The second-order valence-electron chi connectivity index (χ2n) is 6.82. The summed E-state index contributed by atoms with van der Waals surface area (Å²) in [6.45, 7) is 6.29. The number of nitrogen functional groups attached to an aromatic ring is 1. The van der Waals surface area contributed by atoms with E-state index in [0.29, 0.717) is 22.6 Å². The molecule has 0 spiro atoms. The van der Waals surface area contributed by atoms with Crippen molar-refractivity contribution >= 4 is 5.82 Å². The van der Waals surface area contributed by atoms with Crippen molar-refractivity contribution in [3.8, 4) is 28.7 Å². The maximum atomic E-state index is 9.78. The van der Waals surface area contributed by atoms with E-state index in [2.05, 4.69) is 24.9 Å². The number of phenols is 2. The van der Waals surface area contributed by atoms with Crippen molar-refractivity contribution in [2.75, 3.05) is 5.73 Å². The van der Waals surface area contributed by atoms with E-state index in [1.54, 1.807) is 6.07 Å². The second-order valence-corrected chi connectivity index (χ2v) is 6.82. The Hall–Kier alpha value is -2.74. The SMILES string of the molecule is Cc1c([C@H]2CC2(C)C)nc(N)c(C#N)c1-c1ccc(O)c(O)c1. The van der Waals surface area contributed by atoms with E-state index in [9.17, 15) is 15.5 Å². The van der Waals surface area contributed by atoms with Crippen molar-refractivity contribution in [1.29, 1.82) is 5.26 Å². The van der Waals surface area contributed by atoms with Gasteiger partial charge in [-0.15, -0.1) is 0 Å². The van der Waals surface area contributed by atoms with E-state index in [-0.39, 0.29) is 22.7 Å². The first-order valence-corrected chi connectivity index (χ1v) is 7.48. The molecular weight excluding hydrogens is 290 g/mol. The van der Waals surface area contributed by atoms with Gasteiger partial charge in [-0.3, -0.25) is 0 Å². The highest BCUT2D eigenvalue weighted by atomic mass is 16.3. The van der Waals surface area contributed by atoms with Crippen molar-refractivity contribution in [3.63, 3.8) is 0 Å². The summed E-state index contributed by atoms with van der Waals surface area (Å²) in [5.74, 6) is 0.102. The average molecular weight is 309 g/mol. The molecule has 0 bridgehead atoms. The number of nitriles is 1. The molecule has 1 aromatic carbocycles. The lowest BCUT2D eigenvalue weighted by molar-refractivity contribution is 0.404. The Morgan fingerprint density at radius 2 is 1.96 bits per heavy atom. The molecule has 0 saturated heterocycles. The summed E-state index contributed by atoms with van der Waals surface area (Å²) in [5, 5.41) is 28.8. The molecule has 1 aromatic heterocycles. The fourth-order valence-electron chi connectivity index (χ4n) is 3.14. The number of nitrogens with zero attached hydrogens (tertiary/aromatic N) is 2. The van der Waals surface area contributed by atoms with E-state index in [4.69, 9.17) is 5.73 Å². The predicted molar refractivity (Wildman–Crippen MR) is 88.0 cm³/mol. The van der Waals surface area contributed by atoms with Crippen LogP contribution in [0.25, 0.3) is 11.1 Å². The van der Waals surface area contributed by atoms with Crippen LogP contribution in [0.15, 0.2) is 18.2 Å². The van der Waals surface area contributed by atoms with Gasteiger partial charge < -0.3 is 15.9 Å². The topological polar surface area (TPSA) is 103 Å². The van der Waals surface area contributed by atoms with Gasteiger partial charge in [-0.25, -0.2) is 4.98 Å². The van der Waals surface area contributed by atoms with Crippen LogP contribution in [0.1, 0.15) is 43.0 Å². The third kappa shape index (κ3) is 2.36. The predicted octanol–water partition coefficient (Wildman–Crippen LogP) is 3.44. The zero-order valence-electron chi connectivity index (χ0n) is 13.4. The minimum Gasteiger partial charge on any atom is -0.504 e. The standard InChI is InChI=1S/C18H19N3O2/c1-9-15(10-4-5-13(22)14(23)6-10)11(8-19)17(20)21-16(9)12-7-18(12,2)3/h4-6,12,22-23H,7H2,1-3H3,(H2,20,21)/t12-/m1/s1. The van der Waals surface area contributed by atoms with Crippen LogP contribution >= 0.6 is 0 Å². The van der Waals surface area contributed by atoms with Crippen LogP contribution in [0.3, 0.4) is 0 Å². The first-order valence-electron chi connectivity index (χ1n) is 7.48. The lowest BCUT2D eigenvalue weighted by Crippen LogP contribution is -2.06. The van der Waals surface area contributed by atoms with Gasteiger partial charge in [0.2, 0.25) is 0 Å². The molecule has 4 N–H and O–H groups in total. The van der Waals surface area contributed by atoms with Gasteiger partial charge in [0.1, 0.15) is 17.5 Å². The number of anilines is 1. The molecule has 0 aliphatic heterocycles. The van der Waals surface area contributed by atoms with Crippen LogP contribution in [-0.4, -0.2) is 15.2 Å². The molecule has 0 radical (unpaired) electrons. The molecule has 0 amide bonds. The van der Waals surface area contributed by atoms with Crippen LogP contribution in [0.4, 0.5) is 5.82 Å². The normalized spacial score (nSPS) is 18.4. The molecule has 5 nitrogen and oxygen atoms in total. The Morgan fingerprint density at radius 1 is 1.30 bits per heavy atom. The third-order valence-corrected chi connectivity index (χ3v) is 4.73. The number of phenolic OH excluding ortho intramolecular Hbond substituents is 2. The van der Waals surface area contributed by atoms with Crippen molar-refractivity contribution in [2.24, 2.45) is 5.41 Å².